The monoisotopic (exact) mass is 328 g/mol. The molecule has 7 heteroatoms. The van der Waals surface area contributed by atoms with E-state index in [1.807, 2.05) is 12.1 Å². The van der Waals surface area contributed by atoms with Gasteiger partial charge in [-0.15, -0.1) is 0 Å². The lowest BCUT2D eigenvalue weighted by molar-refractivity contribution is 0.0892. The van der Waals surface area contributed by atoms with Crippen LogP contribution < -0.4 is 5.32 Å². The van der Waals surface area contributed by atoms with Crippen molar-refractivity contribution < 1.29 is 14.2 Å². The average molecular weight is 328 g/mol. The maximum absolute atomic E-state index is 12.7. The standard InChI is InChI=1S/C17H20N4O3/c1-12-19-16(21-24-12)17(9-3-4-10-17)20-15(22)14-7-5-13(6-8-14)11-18-23-2/h5-8,11H,3-4,9-10H2,1-2H3,(H,20,22)/b18-11+. The van der Waals surface area contributed by atoms with Crippen LogP contribution in [0.5, 0.6) is 0 Å². The maximum atomic E-state index is 12.7. The van der Waals surface area contributed by atoms with Gasteiger partial charge in [-0.05, 0) is 30.5 Å². The van der Waals surface area contributed by atoms with E-state index in [4.69, 9.17) is 4.52 Å². The van der Waals surface area contributed by atoms with Gasteiger partial charge in [-0.2, -0.15) is 4.98 Å². The molecule has 1 N–H and O–H groups in total. The summed E-state index contributed by atoms with van der Waals surface area (Å²) in [6.45, 7) is 1.75. The molecule has 3 rings (SSSR count). The molecule has 1 saturated carbocycles. The van der Waals surface area contributed by atoms with Gasteiger partial charge < -0.3 is 14.7 Å². The van der Waals surface area contributed by atoms with Crippen molar-refractivity contribution in [1.29, 1.82) is 0 Å². The number of hydrogen-bond donors (Lipinski definition) is 1. The van der Waals surface area contributed by atoms with Gasteiger partial charge in [-0.1, -0.05) is 35.3 Å². The van der Waals surface area contributed by atoms with Crippen molar-refractivity contribution in [2.45, 2.75) is 38.1 Å². The van der Waals surface area contributed by atoms with E-state index < -0.39 is 5.54 Å². The summed E-state index contributed by atoms with van der Waals surface area (Å²) >= 11 is 0. The molecule has 1 aliphatic carbocycles. The molecular formula is C17H20N4O3. The summed E-state index contributed by atoms with van der Waals surface area (Å²) in [5.41, 5.74) is 0.902. The first-order valence-electron chi connectivity index (χ1n) is 7.93. The first-order chi connectivity index (χ1) is 11.6. The van der Waals surface area contributed by atoms with Crippen molar-refractivity contribution >= 4 is 12.1 Å². The third-order valence-corrected chi connectivity index (χ3v) is 4.25. The number of carbonyl (C=O) groups excluding carboxylic acids is 1. The number of oxime groups is 1. The number of nitrogens with one attached hydrogen (secondary N) is 1. The van der Waals surface area contributed by atoms with Crippen molar-refractivity contribution in [3.05, 3.63) is 47.1 Å². The second kappa shape index (κ2) is 6.82. The van der Waals surface area contributed by atoms with Gasteiger partial charge in [-0.3, -0.25) is 4.79 Å². The van der Waals surface area contributed by atoms with Crippen molar-refractivity contribution in [3.63, 3.8) is 0 Å². The molecule has 24 heavy (non-hydrogen) atoms. The zero-order valence-corrected chi connectivity index (χ0v) is 13.8. The summed E-state index contributed by atoms with van der Waals surface area (Å²) in [5, 5.41) is 10.9. The molecule has 1 aromatic carbocycles. The normalized spacial score (nSPS) is 16.4. The fourth-order valence-electron chi connectivity index (χ4n) is 3.00. The Hall–Kier alpha value is -2.70. The van der Waals surface area contributed by atoms with E-state index in [2.05, 4.69) is 25.5 Å². The zero-order chi connectivity index (χ0) is 17.0. The average Bonchev–Trinajstić information content (AvgIpc) is 3.23. The molecule has 7 nitrogen and oxygen atoms in total. The molecule has 1 aliphatic rings. The van der Waals surface area contributed by atoms with Crippen LogP contribution in [0.15, 0.2) is 33.9 Å². The number of benzene rings is 1. The van der Waals surface area contributed by atoms with Gasteiger partial charge in [-0.25, -0.2) is 0 Å². The van der Waals surface area contributed by atoms with Crippen LogP contribution in [0.25, 0.3) is 0 Å². The SMILES string of the molecule is CO/N=C/c1ccc(C(=O)NC2(c3noc(C)n3)CCCC2)cc1. The van der Waals surface area contributed by atoms with Gasteiger partial charge in [0.15, 0.2) is 5.82 Å². The lowest BCUT2D eigenvalue weighted by Gasteiger charge is -2.26. The number of aromatic nitrogens is 2. The molecule has 1 fully saturated rings. The van der Waals surface area contributed by atoms with Crippen LogP contribution in [0, 0.1) is 6.92 Å². The predicted molar refractivity (Wildman–Crippen MR) is 87.7 cm³/mol. The molecule has 0 radical (unpaired) electrons. The third kappa shape index (κ3) is 3.29. The van der Waals surface area contributed by atoms with Gasteiger partial charge in [0.1, 0.15) is 12.6 Å². The highest BCUT2D eigenvalue weighted by Crippen LogP contribution is 2.37. The zero-order valence-electron chi connectivity index (χ0n) is 13.8. The van der Waals surface area contributed by atoms with E-state index in [1.165, 1.54) is 7.11 Å². The van der Waals surface area contributed by atoms with E-state index in [9.17, 15) is 4.79 Å². The highest BCUT2D eigenvalue weighted by atomic mass is 16.6. The Balaban J connectivity index is 1.78. The molecule has 2 aromatic rings. The van der Waals surface area contributed by atoms with Crippen LogP contribution in [0.1, 0.15) is 53.3 Å². The number of hydrogen-bond acceptors (Lipinski definition) is 6. The van der Waals surface area contributed by atoms with Crippen molar-refractivity contribution in [2.24, 2.45) is 5.16 Å². The summed E-state index contributed by atoms with van der Waals surface area (Å²) < 4.78 is 5.10. The summed E-state index contributed by atoms with van der Waals surface area (Å²) in [6, 6.07) is 7.15. The van der Waals surface area contributed by atoms with Crippen molar-refractivity contribution in [1.82, 2.24) is 15.5 Å². The van der Waals surface area contributed by atoms with Crippen LogP contribution in [0.4, 0.5) is 0 Å². The highest BCUT2D eigenvalue weighted by molar-refractivity contribution is 5.95. The van der Waals surface area contributed by atoms with E-state index in [0.717, 1.165) is 31.2 Å². The Morgan fingerprint density at radius 3 is 2.62 bits per heavy atom. The molecular weight excluding hydrogens is 308 g/mol. The summed E-state index contributed by atoms with van der Waals surface area (Å²) in [5.74, 6) is 0.927. The van der Waals surface area contributed by atoms with Crippen molar-refractivity contribution in [3.8, 4) is 0 Å². The van der Waals surface area contributed by atoms with E-state index in [-0.39, 0.29) is 5.91 Å². The van der Waals surface area contributed by atoms with Crippen molar-refractivity contribution in [2.75, 3.05) is 7.11 Å². The quantitative estimate of drug-likeness (QED) is 0.673. The molecule has 0 saturated heterocycles. The Labute approximate surface area is 140 Å². The van der Waals surface area contributed by atoms with E-state index >= 15 is 0 Å². The minimum atomic E-state index is -0.537. The lowest BCUT2D eigenvalue weighted by Crippen LogP contribution is -2.44. The molecule has 1 aromatic heterocycles. The lowest BCUT2D eigenvalue weighted by atomic mass is 9.95. The number of aryl methyl sites for hydroxylation is 1. The van der Waals surface area contributed by atoms with Gasteiger partial charge in [0.25, 0.3) is 5.91 Å². The third-order valence-electron chi connectivity index (χ3n) is 4.25. The van der Waals surface area contributed by atoms with Crippen LogP contribution >= 0.6 is 0 Å². The summed E-state index contributed by atoms with van der Waals surface area (Å²) in [7, 11) is 1.49. The number of rotatable bonds is 5. The minimum absolute atomic E-state index is 0.144. The Bertz CT molecular complexity index is 731. The first kappa shape index (κ1) is 16.2. The van der Waals surface area contributed by atoms with E-state index in [1.54, 1.807) is 25.3 Å². The van der Waals surface area contributed by atoms with Crippen LogP contribution in [-0.2, 0) is 10.4 Å². The topological polar surface area (TPSA) is 89.6 Å². The summed E-state index contributed by atoms with van der Waals surface area (Å²) in [4.78, 5) is 21.6. The second-order valence-corrected chi connectivity index (χ2v) is 5.92. The molecule has 1 amide bonds. The second-order valence-electron chi connectivity index (χ2n) is 5.92. The Kier molecular flexibility index (Phi) is 4.59. The molecule has 0 bridgehead atoms. The fraction of sp³-hybridized carbons (Fsp3) is 0.412. The fourth-order valence-corrected chi connectivity index (χ4v) is 3.00. The number of amides is 1. The van der Waals surface area contributed by atoms with Crippen LogP contribution in [0.2, 0.25) is 0 Å². The van der Waals surface area contributed by atoms with Gasteiger partial charge in [0.2, 0.25) is 5.89 Å². The minimum Gasteiger partial charge on any atom is -0.399 e. The molecule has 0 unspecified atom stereocenters. The van der Waals surface area contributed by atoms with Gasteiger partial charge in [0, 0.05) is 12.5 Å². The molecule has 126 valence electrons. The number of carbonyl (C=O) groups is 1. The summed E-state index contributed by atoms with van der Waals surface area (Å²) in [6.07, 6.45) is 5.27. The number of nitrogens with zero attached hydrogens (tertiary/aromatic N) is 3. The van der Waals surface area contributed by atoms with Gasteiger partial charge in [0.05, 0.1) is 6.21 Å². The predicted octanol–water partition coefficient (Wildman–Crippen LogP) is 2.56. The Morgan fingerprint density at radius 2 is 2.04 bits per heavy atom. The molecule has 1 heterocycles. The smallest absolute Gasteiger partial charge is 0.252 e. The highest BCUT2D eigenvalue weighted by Gasteiger charge is 2.41. The molecule has 0 spiro atoms. The maximum Gasteiger partial charge on any atom is 0.252 e. The molecule has 0 aliphatic heterocycles. The van der Waals surface area contributed by atoms with Crippen LogP contribution in [0.3, 0.4) is 0 Å². The molecule has 0 atom stereocenters. The first-order valence-corrected chi connectivity index (χ1v) is 7.93. The van der Waals surface area contributed by atoms with Crippen LogP contribution in [-0.4, -0.2) is 29.4 Å². The van der Waals surface area contributed by atoms with Gasteiger partial charge >= 0.3 is 0 Å². The Morgan fingerprint density at radius 1 is 1.33 bits per heavy atom. The largest absolute Gasteiger partial charge is 0.399 e. The van der Waals surface area contributed by atoms with E-state index in [0.29, 0.717) is 17.3 Å².